The molecule has 0 spiro atoms. The Morgan fingerprint density at radius 3 is 2.53 bits per heavy atom. The molecule has 2 N–H and O–H groups in total. The van der Waals surface area contributed by atoms with Crippen molar-refractivity contribution in [3.8, 4) is 5.75 Å². The first kappa shape index (κ1) is 26.8. The molecule has 0 radical (unpaired) electrons. The predicted octanol–water partition coefficient (Wildman–Crippen LogP) is 2.72. The number of piperidine rings is 1. The van der Waals surface area contributed by atoms with Gasteiger partial charge in [0.15, 0.2) is 17.6 Å². The molecule has 0 saturated carbocycles. The molecule has 7 nitrogen and oxygen atoms in total. The minimum atomic E-state index is -3.15. The lowest BCUT2D eigenvalue weighted by Crippen LogP contribution is -2.50. The number of ether oxygens (including phenoxy) is 1. The number of sulfonamides is 1. The number of aliphatic imine (C=N–C) groups is 1. The average molecular weight is 560 g/mol. The summed E-state index contributed by atoms with van der Waals surface area (Å²) in [6, 6.07) is 3.52. The van der Waals surface area contributed by atoms with Gasteiger partial charge in [0.05, 0.1) is 12.3 Å². The van der Waals surface area contributed by atoms with E-state index >= 15 is 0 Å². The lowest BCUT2D eigenvalue weighted by atomic mass is 10.1. The van der Waals surface area contributed by atoms with Gasteiger partial charge in [-0.1, -0.05) is 6.92 Å². The zero-order valence-corrected chi connectivity index (χ0v) is 20.5. The van der Waals surface area contributed by atoms with Crippen LogP contribution >= 0.6 is 24.0 Å². The molecule has 1 aliphatic heterocycles. The van der Waals surface area contributed by atoms with E-state index in [4.69, 9.17) is 4.74 Å². The molecule has 0 aliphatic carbocycles. The quantitative estimate of drug-likeness (QED) is 0.210. The summed E-state index contributed by atoms with van der Waals surface area (Å²) in [7, 11) is -3.15. The predicted molar refractivity (Wildman–Crippen MR) is 125 cm³/mol. The fourth-order valence-corrected chi connectivity index (χ4v) is 4.61. The van der Waals surface area contributed by atoms with Crippen LogP contribution in [-0.2, 0) is 10.0 Å². The van der Waals surface area contributed by atoms with E-state index < -0.39 is 21.7 Å². The van der Waals surface area contributed by atoms with Crippen molar-refractivity contribution in [2.75, 3.05) is 38.5 Å². The fraction of sp³-hybridized carbons (Fsp3) is 0.632. The Bertz CT molecular complexity index is 788. The van der Waals surface area contributed by atoms with Gasteiger partial charge in [-0.15, -0.1) is 24.0 Å². The maximum atomic E-state index is 13.2. The second kappa shape index (κ2) is 13.3. The largest absolute Gasteiger partial charge is 0.492 e. The zero-order chi connectivity index (χ0) is 21.3. The van der Waals surface area contributed by atoms with Crippen molar-refractivity contribution in [2.45, 2.75) is 39.2 Å². The zero-order valence-electron chi connectivity index (χ0n) is 17.4. The topological polar surface area (TPSA) is 83.0 Å². The summed E-state index contributed by atoms with van der Waals surface area (Å²) in [5.41, 5.74) is 0. The third-order valence-electron chi connectivity index (χ3n) is 4.52. The molecular formula is C19H31F2IN4O3S. The monoisotopic (exact) mass is 560 g/mol. The molecular weight excluding hydrogens is 529 g/mol. The lowest BCUT2D eigenvalue weighted by Gasteiger charge is -2.32. The summed E-state index contributed by atoms with van der Waals surface area (Å²) in [6.07, 6.45) is 2.03. The summed E-state index contributed by atoms with van der Waals surface area (Å²) in [5, 5.41) is 6.48. The van der Waals surface area contributed by atoms with E-state index in [1.165, 1.54) is 6.07 Å². The van der Waals surface area contributed by atoms with E-state index in [0.717, 1.165) is 12.1 Å². The number of nitrogens with zero attached hydrogens (tertiary/aromatic N) is 2. The number of halogens is 3. The van der Waals surface area contributed by atoms with Gasteiger partial charge in [0.1, 0.15) is 12.4 Å². The van der Waals surface area contributed by atoms with Crippen LogP contribution in [0.25, 0.3) is 0 Å². The normalized spacial score (nSPS) is 16.1. The molecule has 0 unspecified atom stereocenters. The maximum absolute atomic E-state index is 13.2. The van der Waals surface area contributed by atoms with Crippen LogP contribution in [0.5, 0.6) is 5.75 Å². The van der Waals surface area contributed by atoms with Crippen molar-refractivity contribution in [3.63, 3.8) is 0 Å². The highest BCUT2D eigenvalue weighted by Gasteiger charge is 2.27. The molecule has 1 heterocycles. The molecule has 1 aliphatic rings. The van der Waals surface area contributed by atoms with Crippen LogP contribution in [0.2, 0.25) is 0 Å². The van der Waals surface area contributed by atoms with Gasteiger partial charge in [-0.2, -0.15) is 0 Å². The number of nitrogens with one attached hydrogen (secondary N) is 2. The average Bonchev–Trinajstić information content (AvgIpc) is 2.68. The van der Waals surface area contributed by atoms with E-state index in [-0.39, 0.29) is 48.1 Å². The minimum Gasteiger partial charge on any atom is -0.492 e. The number of hydrogen-bond donors (Lipinski definition) is 2. The van der Waals surface area contributed by atoms with Gasteiger partial charge in [-0.25, -0.2) is 26.5 Å². The van der Waals surface area contributed by atoms with E-state index in [9.17, 15) is 17.2 Å². The summed E-state index contributed by atoms with van der Waals surface area (Å²) < 4.78 is 57.4. The number of rotatable bonds is 9. The molecule has 1 aromatic rings. The highest BCUT2D eigenvalue weighted by Crippen LogP contribution is 2.16. The van der Waals surface area contributed by atoms with Crippen molar-refractivity contribution in [1.29, 1.82) is 0 Å². The van der Waals surface area contributed by atoms with Gasteiger partial charge in [-0.3, -0.25) is 0 Å². The molecule has 172 valence electrons. The van der Waals surface area contributed by atoms with E-state index in [1.54, 1.807) is 4.31 Å². The first-order valence-corrected chi connectivity index (χ1v) is 11.6. The molecule has 2 rings (SSSR count). The molecule has 0 aromatic heterocycles. The van der Waals surface area contributed by atoms with Crippen molar-refractivity contribution in [1.82, 2.24) is 14.9 Å². The SMILES string of the molecule is CCCS(=O)(=O)N1CCC(NC(=NCCOc2ccc(F)c(F)c2)NCC)CC1.I. The first-order valence-electron chi connectivity index (χ1n) is 9.96. The molecule has 30 heavy (non-hydrogen) atoms. The lowest BCUT2D eigenvalue weighted by molar-refractivity contribution is 0.305. The van der Waals surface area contributed by atoms with E-state index in [1.807, 2.05) is 13.8 Å². The first-order chi connectivity index (χ1) is 13.9. The van der Waals surface area contributed by atoms with E-state index in [2.05, 4.69) is 15.6 Å². The van der Waals surface area contributed by atoms with Gasteiger partial charge < -0.3 is 15.4 Å². The fourth-order valence-electron chi connectivity index (χ4n) is 3.07. The minimum absolute atomic E-state index is 0. The van der Waals surface area contributed by atoms with Gasteiger partial charge in [0.2, 0.25) is 10.0 Å². The van der Waals surface area contributed by atoms with Crippen LogP contribution in [0.3, 0.4) is 0 Å². The van der Waals surface area contributed by atoms with Gasteiger partial charge in [0.25, 0.3) is 0 Å². The summed E-state index contributed by atoms with van der Waals surface area (Å²) in [4.78, 5) is 4.43. The smallest absolute Gasteiger partial charge is 0.214 e. The maximum Gasteiger partial charge on any atom is 0.214 e. The Labute approximate surface area is 194 Å². The van der Waals surface area contributed by atoms with Crippen LogP contribution in [0.15, 0.2) is 23.2 Å². The Balaban J connectivity index is 0.00000450. The molecule has 0 amide bonds. The number of hydrogen-bond acceptors (Lipinski definition) is 4. The second-order valence-electron chi connectivity index (χ2n) is 6.82. The summed E-state index contributed by atoms with van der Waals surface area (Å²) >= 11 is 0. The van der Waals surface area contributed by atoms with Gasteiger partial charge in [0, 0.05) is 31.7 Å². The third kappa shape index (κ3) is 8.50. The Kier molecular flexibility index (Phi) is 11.9. The molecule has 1 fully saturated rings. The van der Waals surface area contributed by atoms with E-state index in [0.29, 0.717) is 51.4 Å². The van der Waals surface area contributed by atoms with Crippen molar-refractivity contribution < 1.29 is 21.9 Å². The van der Waals surface area contributed by atoms with Crippen molar-refractivity contribution in [2.24, 2.45) is 4.99 Å². The van der Waals surface area contributed by atoms with Crippen LogP contribution in [-0.4, -0.2) is 63.3 Å². The molecule has 1 aromatic carbocycles. The van der Waals surface area contributed by atoms with Gasteiger partial charge >= 0.3 is 0 Å². The Morgan fingerprint density at radius 2 is 1.93 bits per heavy atom. The van der Waals surface area contributed by atoms with Crippen LogP contribution in [0.1, 0.15) is 33.1 Å². The Hall–Kier alpha value is -1.21. The molecule has 11 heteroatoms. The number of guanidine groups is 1. The van der Waals surface area contributed by atoms with Crippen LogP contribution in [0, 0.1) is 11.6 Å². The standard InChI is InChI=1S/C19H30F2N4O3S.HI/c1-3-13-29(26,27)25-10-7-15(8-11-25)24-19(22-4-2)23-9-12-28-16-5-6-17(20)18(21)14-16;/h5-6,14-15H,3-4,7-13H2,1-2H3,(H2,22,23,24);1H. The summed E-state index contributed by atoms with van der Waals surface area (Å²) in [5.74, 6) is -0.808. The van der Waals surface area contributed by atoms with Crippen molar-refractivity contribution >= 4 is 40.0 Å². The van der Waals surface area contributed by atoms with Crippen LogP contribution in [0.4, 0.5) is 8.78 Å². The molecule has 0 atom stereocenters. The Morgan fingerprint density at radius 1 is 1.23 bits per heavy atom. The second-order valence-corrected chi connectivity index (χ2v) is 8.91. The van der Waals surface area contributed by atoms with Crippen molar-refractivity contribution in [3.05, 3.63) is 29.8 Å². The summed E-state index contributed by atoms with van der Waals surface area (Å²) in [6.45, 7) is 6.04. The van der Waals surface area contributed by atoms with Crippen LogP contribution < -0.4 is 15.4 Å². The third-order valence-corrected chi connectivity index (χ3v) is 6.59. The molecule has 1 saturated heterocycles. The number of benzene rings is 1. The van der Waals surface area contributed by atoms with Gasteiger partial charge in [-0.05, 0) is 38.3 Å². The highest BCUT2D eigenvalue weighted by atomic mass is 127. The highest BCUT2D eigenvalue weighted by molar-refractivity contribution is 14.0. The molecule has 0 bridgehead atoms.